The summed E-state index contributed by atoms with van der Waals surface area (Å²) in [5.74, 6) is -3.69. The average Bonchev–Trinajstić information content (AvgIpc) is 2.43. The summed E-state index contributed by atoms with van der Waals surface area (Å²) in [5, 5.41) is 18.4. The summed E-state index contributed by atoms with van der Waals surface area (Å²) in [4.78, 5) is 22.8. The molecule has 0 aliphatic carbocycles. The summed E-state index contributed by atoms with van der Waals surface area (Å²) in [5.41, 5.74) is 0. The summed E-state index contributed by atoms with van der Waals surface area (Å²) in [6.45, 7) is -0.125. The lowest BCUT2D eigenvalue weighted by atomic mass is 10.2. The topological polar surface area (TPSA) is 112 Å². The Hall–Kier alpha value is -1.22. The number of hydrogen-bond donors (Lipinski definition) is 2. The third kappa shape index (κ3) is 6.80. The molecule has 0 radical (unpaired) electrons. The molecule has 0 amide bonds. The monoisotopic (exact) mass is 292 g/mol. The Morgan fingerprint density at radius 1 is 1.00 bits per heavy atom. The quantitative estimate of drug-likeness (QED) is 0.469. The largest absolute Gasteiger partial charge is 0.398 e. The molecule has 1 saturated heterocycles. The van der Waals surface area contributed by atoms with Crippen LogP contribution in [-0.2, 0) is 28.5 Å². The predicted molar refractivity (Wildman–Crippen MR) is 64.3 cm³/mol. The van der Waals surface area contributed by atoms with Crippen LogP contribution in [0, 0.1) is 0 Å². The van der Waals surface area contributed by atoms with Crippen molar-refractivity contribution < 1.29 is 38.7 Å². The minimum absolute atomic E-state index is 0.0947. The molecule has 0 aromatic carbocycles. The van der Waals surface area contributed by atoms with Gasteiger partial charge in [-0.1, -0.05) is 0 Å². The van der Waals surface area contributed by atoms with Crippen LogP contribution in [0.25, 0.3) is 0 Å². The van der Waals surface area contributed by atoms with E-state index in [1.54, 1.807) is 0 Å². The highest BCUT2D eigenvalue weighted by molar-refractivity contribution is 5.72. The molecule has 0 spiro atoms. The minimum atomic E-state index is -2.39. The van der Waals surface area contributed by atoms with Crippen LogP contribution in [0.2, 0.25) is 0 Å². The van der Waals surface area contributed by atoms with Crippen LogP contribution in [-0.4, -0.2) is 61.2 Å². The molecule has 0 aromatic rings. The van der Waals surface area contributed by atoms with Gasteiger partial charge in [-0.05, 0) is 12.8 Å². The standard InChI is InChI=1S/C12H20O8/c13-5-6-17-7-8-18-9-12(16)19-10(14)3-1-2-4-11(15)20-12/h13,16H,1-9H2. The van der Waals surface area contributed by atoms with Crippen LogP contribution in [0.15, 0.2) is 0 Å². The molecule has 0 atom stereocenters. The second kappa shape index (κ2) is 8.85. The van der Waals surface area contributed by atoms with Gasteiger partial charge in [0, 0.05) is 12.8 Å². The maximum absolute atomic E-state index is 11.4. The fourth-order valence-corrected chi connectivity index (χ4v) is 1.56. The molecule has 1 aliphatic heterocycles. The van der Waals surface area contributed by atoms with Gasteiger partial charge in [-0.3, -0.25) is 9.59 Å². The van der Waals surface area contributed by atoms with Gasteiger partial charge >= 0.3 is 17.9 Å². The molecular formula is C12H20O8. The van der Waals surface area contributed by atoms with Gasteiger partial charge in [-0.2, -0.15) is 0 Å². The summed E-state index contributed by atoms with van der Waals surface area (Å²) in [6.07, 6.45) is 1.22. The zero-order valence-electron chi connectivity index (χ0n) is 11.2. The molecule has 116 valence electrons. The van der Waals surface area contributed by atoms with Crippen LogP contribution in [0.4, 0.5) is 0 Å². The molecule has 8 heteroatoms. The number of carbonyl (C=O) groups is 2. The van der Waals surface area contributed by atoms with Crippen molar-refractivity contribution in [2.24, 2.45) is 0 Å². The second-order valence-electron chi connectivity index (χ2n) is 4.26. The number of aliphatic hydroxyl groups is 2. The van der Waals surface area contributed by atoms with Gasteiger partial charge in [-0.15, -0.1) is 0 Å². The second-order valence-corrected chi connectivity index (χ2v) is 4.26. The maximum Gasteiger partial charge on any atom is 0.398 e. The van der Waals surface area contributed by atoms with Crippen LogP contribution in [0.3, 0.4) is 0 Å². The van der Waals surface area contributed by atoms with Crippen LogP contribution >= 0.6 is 0 Å². The molecule has 1 rings (SSSR count). The zero-order chi connectivity index (χ0) is 14.8. The van der Waals surface area contributed by atoms with E-state index in [4.69, 9.17) is 24.1 Å². The summed E-state index contributed by atoms with van der Waals surface area (Å²) < 4.78 is 19.4. The number of hydrogen-bond acceptors (Lipinski definition) is 8. The van der Waals surface area contributed by atoms with Crippen molar-refractivity contribution in [2.45, 2.75) is 31.7 Å². The number of rotatable bonds is 7. The average molecular weight is 292 g/mol. The van der Waals surface area contributed by atoms with E-state index in [-0.39, 0.29) is 39.3 Å². The van der Waals surface area contributed by atoms with Crippen molar-refractivity contribution in [3.8, 4) is 0 Å². The number of cyclic esters (lactones) is 2. The Bertz CT molecular complexity index is 297. The highest BCUT2D eigenvalue weighted by Crippen LogP contribution is 2.17. The van der Waals surface area contributed by atoms with Crippen molar-refractivity contribution in [3.05, 3.63) is 0 Å². The number of ether oxygens (including phenoxy) is 4. The van der Waals surface area contributed by atoms with Gasteiger partial charge < -0.3 is 29.2 Å². The van der Waals surface area contributed by atoms with E-state index >= 15 is 0 Å². The third-order valence-corrected chi connectivity index (χ3v) is 2.45. The number of aliphatic hydroxyl groups excluding tert-OH is 1. The lowest BCUT2D eigenvalue weighted by Gasteiger charge is -2.25. The molecule has 0 saturated carbocycles. The molecule has 1 heterocycles. The molecule has 1 fully saturated rings. The first kappa shape index (κ1) is 16.8. The fraction of sp³-hybridized carbons (Fsp3) is 0.833. The number of esters is 2. The normalized spacial score (nSPS) is 19.5. The van der Waals surface area contributed by atoms with E-state index < -0.39 is 24.5 Å². The highest BCUT2D eigenvalue weighted by atomic mass is 16.9. The Balaban J connectivity index is 2.39. The lowest BCUT2D eigenvalue weighted by Crippen LogP contribution is -2.44. The predicted octanol–water partition coefficient (Wildman–Crippen LogP) is -0.682. The van der Waals surface area contributed by atoms with E-state index in [0.717, 1.165) is 0 Å². The van der Waals surface area contributed by atoms with Gasteiger partial charge in [0.05, 0.1) is 26.4 Å². The molecular weight excluding hydrogens is 272 g/mol. The number of carbonyl (C=O) groups excluding carboxylic acids is 2. The zero-order valence-corrected chi connectivity index (χ0v) is 11.2. The van der Waals surface area contributed by atoms with Gasteiger partial charge in [0.2, 0.25) is 0 Å². The Labute approximate surface area is 116 Å². The maximum atomic E-state index is 11.4. The van der Waals surface area contributed by atoms with Crippen LogP contribution in [0.5, 0.6) is 0 Å². The molecule has 0 bridgehead atoms. The van der Waals surface area contributed by atoms with Crippen LogP contribution in [0.1, 0.15) is 25.7 Å². The lowest BCUT2D eigenvalue weighted by molar-refractivity contribution is -0.341. The molecule has 0 unspecified atom stereocenters. The highest BCUT2D eigenvalue weighted by Gasteiger charge is 2.37. The Morgan fingerprint density at radius 3 is 2.10 bits per heavy atom. The van der Waals surface area contributed by atoms with Crippen molar-refractivity contribution >= 4 is 11.9 Å². The van der Waals surface area contributed by atoms with E-state index in [0.29, 0.717) is 12.8 Å². The first-order valence-corrected chi connectivity index (χ1v) is 6.48. The first-order valence-electron chi connectivity index (χ1n) is 6.48. The molecule has 0 aromatic heterocycles. The van der Waals surface area contributed by atoms with Crippen LogP contribution < -0.4 is 0 Å². The van der Waals surface area contributed by atoms with Gasteiger partial charge in [0.1, 0.15) is 0 Å². The van der Waals surface area contributed by atoms with E-state index in [1.807, 2.05) is 0 Å². The molecule has 8 nitrogen and oxygen atoms in total. The SMILES string of the molecule is O=C1CCCCC(=O)OC(O)(COCCOCCO)O1. The summed E-state index contributed by atoms with van der Waals surface area (Å²) in [7, 11) is 0. The molecule has 20 heavy (non-hydrogen) atoms. The van der Waals surface area contributed by atoms with Crippen molar-refractivity contribution in [2.75, 3.05) is 33.0 Å². The fourth-order valence-electron chi connectivity index (χ4n) is 1.56. The Morgan fingerprint density at radius 2 is 1.55 bits per heavy atom. The van der Waals surface area contributed by atoms with E-state index in [1.165, 1.54) is 0 Å². The first-order chi connectivity index (χ1) is 9.56. The van der Waals surface area contributed by atoms with Gasteiger partial charge in [-0.25, -0.2) is 0 Å². The summed E-state index contributed by atoms with van der Waals surface area (Å²) in [6, 6.07) is 0. The van der Waals surface area contributed by atoms with Crippen molar-refractivity contribution in [1.29, 1.82) is 0 Å². The van der Waals surface area contributed by atoms with Crippen molar-refractivity contribution in [1.82, 2.24) is 0 Å². The van der Waals surface area contributed by atoms with E-state index in [9.17, 15) is 14.7 Å². The smallest absolute Gasteiger partial charge is 0.396 e. The summed E-state index contributed by atoms with van der Waals surface area (Å²) >= 11 is 0. The Kier molecular flexibility index (Phi) is 7.45. The van der Waals surface area contributed by atoms with Crippen molar-refractivity contribution in [3.63, 3.8) is 0 Å². The van der Waals surface area contributed by atoms with E-state index in [2.05, 4.69) is 0 Å². The van der Waals surface area contributed by atoms with Gasteiger partial charge in [0.15, 0.2) is 6.61 Å². The minimum Gasteiger partial charge on any atom is -0.396 e. The molecule has 1 aliphatic rings. The third-order valence-electron chi connectivity index (χ3n) is 2.45. The molecule has 2 N–H and O–H groups in total. The van der Waals surface area contributed by atoms with Gasteiger partial charge in [0.25, 0.3) is 0 Å².